The number of alkyl carbamates (subject to hydrolysis) is 1. The van der Waals surface area contributed by atoms with E-state index in [4.69, 9.17) is 53.1 Å². The number of nitrogens with two attached hydrogens (primary N) is 1. The van der Waals surface area contributed by atoms with Crippen LogP contribution in [-0.4, -0.2) is 132 Å². The van der Waals surface area contributed by atoms with Crippen molar-refractivity contribution in [3.63, 3.8) is 0 Å². The van der Waals surface area contributed by atoms with Gasteiger partial charge in [-0.15, -0.1) is 0 Å². The smallest absolute Gasteiger partial charge is 0.407 e. The van der Waals surface area contributed by atoms with Crippen molar-refractivity contribution in [2.24, 2.45) is 0 Å². The maximum absolute atomic E-state index is 12.3. The standard InChI is InChI=1S/C40H56N2O11/c41-38-12-5-6-13-39(38)52-31-30-51-29-28-50-27-26-49-25-24-48-23-22-47-21-20-46-19-18-45-17-16-44-15-7-14-42-40(43)53-32-37-35-10-3-1-8-33(35)34-9-2-4-11-36(34)37/h1-6,8-13,37H,7,14-32,41H2,(H,42,43). The van der Waals surface area contributed by atoms with Crippen molar-refractivity contribution in [2.75, 3.05) is 131 Å². The minimum atomic E-state index is -0.415. The lowest BCUT2D eigenvalue weighted by Crippen LogP contribution is -2.27. The normalized spacial score (nSPS) is 12.1. The molecule has 0 saturated heterocycles. The van der Waals surface area contributed by atoms with Crippen LogP contribution in [-0.2, 0) is 42.6 Å². The molecular weight excluding hydrogens is 684 g/mol. The number of carbonyl (C=O) groups excluding carboxylic acids is 1. The van der Waals surface area contributed by atoms with Crippen LogP contribution in [0.2, 0.25) is 0 Å². The first-order valence-corrected chi connectivity index (χ1v) is 18.4. The highest BCUT2D eigenvalue weighted by molar-refractivity contribution is 5.79. The number of carbonyl (C=O) groups is 1. The Bertz CT molecular complexity index is 1370. The summed E-state index contributed by atoms with van der Waals surface area (Å²) in [6, 6.07) is 23.9. The molecule has 13 heteroatoms. The van der Waals surface area contributed by atoms with Crippen LogP contribution in [0.4, 0.5) is 10.5 Å². The Kier molecular flexibility index (Phi) is 21.3. The molecule has 0 spiro atoms. The second-order valence-electron chi connectivity index (χ2n) is 11.9. The van der Waals surface area contributed by atoms with E-state index >= 15 is 0 Å². The Morgan fingerprint density at radius 2 is 0.906 bits per heavy atom. The molecule has 3 N–H and O–H groups in total. The predicted molar refractivity (Wildman–Crippen MR) is 201 cm³/mol. The third kappa shape index (κ3) is 16.8. The second-order valence-corrected chi connectivity index (χ2v) is 11.9. The predicted octanol–water partition coefficient (Wildman–Crippen LogP) is 4.71. The maximum Gasteiger partial charge on any atom is 0.407 e. The molecule has 3 aromatic rings. The van der Waals surface area contributed by atoms with Crippen LogP contribution in [0.25, 0.3) is 11.1 Å². The minimum Gasteiger partial charge on any atom is -0.489 e. The van der Waals surface area contributed by atoms with Gasteiger partial charge in [0.25, 0.3) is 0 Å². The molecule has 0 aliphatic heterocycles. The third-order valence-corrected chi connectivity index (χ3v) is 8.09. The molecular formula is C40H56N2O11. The fourth-order valence-corrected chi connectivity index (χ4v) is 5.48. The van der Waals surface area contributed by atoms with E-state index in [1.54, 1.807) is 6.07 Å². The first-order valence-electron chi connectivity index (χ1n) is 18.4. The number of anilines is 1. The van der Waals surface area contributed by atoms with Crippen molar-refractivity contribution in [3.05, 3.63) is 83.9 Å². The first kappa shape index (κ1) is 42.0. The van der Waals surface area contributed by atoms with Crippen molar-refractivity contribution < 1.29 is 52.2 Å². The van der Waals surface area contributed by atoms with E-state index in [1.165, 1.54) is 22.3 Å². The van der Waals surface area contributed by atoms with Gasteiger partial charge in [-0.25, -0.2) is 4.79 Å². The molecule has 292 valence electrons. The van der Waals surface area contributed by atoms with Gasteiger partial charge in [-0.3, -0.25) is 0 Å². The zero-order valence-electron chi connectivity index (χ0n) is 30.7. The Morgan fingerprint density at radius 1 is 0.509 bits per heavy atom. The summed E-state index contributed by atoms with van der Waals surface area (Å²) >= 11 is 0. The van der Waals surface area contributed by atoms with Crippen molar-refractivity contribution in [1.82, 2.24) is 5.32 Å². The highest BCUT2D eigenvalue weighted by Crippen LogP contribution is 2.44. The molecule has 0 heterocycles. The van der Waals surface area contributed by atoms with E-state index in [2.05, 4.69) is 29.6 Å². The summed E-state index contributed by atoms with van der Waals surface area (Å²) < 4.78 is 55.2. The zero-order valence-corrected chi connectivity index (χ0v) is 30.7. The van der Waals surface area contributed by atoms with E-state index < -0.39 is 6.09 Å². The van der Waals surface area contributed by atoms with Crippen molar-refractivity contribution in [2.45, 2.75) is 12.3 Å². The van der Waals surface area contributed by atoms with Crippen molar-refractivity contribution in [1.29, 1.82) is 0 Å². The number of fused-ring (bicyclic) bond motifs is 3. The van der Waals surface area contributed by atoms with E-state index in [0.29, 0.717) is 143 Å². The molecule has 0 fully saturated rings. The molecule has 4 rings (SSSR count). The average Bonchev–Trinajstić information content (AvgIpc) is 3.50. The Labute approximate surface area is 313 Å². The van der Waals surface area contributed by atoms with Crippen LogP contribution in [0, 0.1) is 0 Å². The van der Waals surface area contributed by atoms with Crippen LogP contribution in [0.3, 0.4) is 0 Å². The van der Waals surface area contributed by atoms with Gasteiger partial charge in [-0.05, 0) is 40.8 Å². The lowest BCUT2D eigenvalue weighted by molar-refractivity contribution is -0.0236. The van der Waals surface area contributed by atoms with E-state index in [9.17, 15) is 4.79 Å². The van der Waals surface area contributed by atoms with Gasteiger partial charge in [-0.2, -0.15) is 0 Å². The summed E-state index contributed by atoms with van der Waals surface area (Å²) in [6.45, 7) is 9.05. The van der Waals surface area contributed by atoms with Gasteiger partial charge >= 0.3 is 6.09 Å². The molecule has 0 unspecified atom stereocenters. The van der Waals surface area contributed by atoms with E-state index in [1.807, 2.05) is 42.5 Å². The van der Waals surface area contributed by atoms with Crippen LogP contribution in [0.5, 0.6) is 5.75 Å². The number of nitrogens with one attached hydrogen (secondary N) is 1. The summed E-state index contributed by atoms with van der Waals surface area (Å²) in [5, 5.41) is 2.81. The van der Waals surface area contributed by atoms with Gasteiger partial charge in [0.15, 0.2) is 0 Å². The molecule has 0 aromatic heterocycles. The maximum atomic E-state index is 12.3. The molecule has 1 amide bonds. The van der Waals surface area contributed by atoms with Gasteiger partial charge in [0.1, 0.15) is 19.0 Å². The van der Waals surface area contributed by atoms with Crippen molar-refractivity contribution >= 4 is 11.8 Å². The number of rotatable bonds is 31. The summed E-state index contributed by atoms with van der Waals surface area (Å²) in [6.07, 6.45) is 0.269. The second kappa shape index (κ2) is 26.9. The monoisotopic (exact) mass is 740 g/mol. The van der Waals surface area contributed by atoms with E-state index in [0.717, 1.165) is 0 Å². The number of hydrogen-bond acceptors (Lipinski definition) is 12. The Balaban J connectivity index is 0.804. The molecule has 1 aliphatic rings. The molecule has 0 radical (unpaired) electrons. The number of ether oxygens (including phenoxy) is 10. The average molecular weight is 741 g/mol. The highest BCUT2D eigenvalue weighted by Gasteiger charge is 2.28. The molecule has 0 atom stereocenters. The number of nitrogen functional groups attached to an aromatic ring is 1. The molecule has 0 saturated carbocycles. The number of benzene rings is 3. The van der Waals surface area contributed by atoms with Crippen LogP contribution >= 0.6 is 0 Å². The van der Waals surface area contributed by atoms with Crippen molar-refractivity contribution in [3.8, 4) is 16.9 Å². The zero-order chi connectivity index (χ0) is 37.0. The van der Waals surface area contributed by atoms with Crippen LogP contribution in [0.1, 0.15) is 23.5 Å². The van der Waals surface area contributed by atoms with Crippen LogP contribution in [0.15, 0.2) is 72.8 Å². The molecule has 3 aromatic carbocycles. The Morgan fingerprint density at radius 3 is 1.38 bits per heavy atom. The minimum absolute atomic E-state index is 0.0495. The van der Waals surface area contributed by atoms with Gasteiger partial charge in [0, 0.05) is 19.1 Å². The summed E-state index contributed by atoms with van der Waals surface area (Å²) in [5.41, 5.74) is 11.2. The fraction of sp³-hybridized carbons (Fsp3) is 0.525. The molecule has 0 bridgehead atoms. The van der Waals surface area contributed by atoms with Gasteiger partial charge < -0.3 is 58.4 Å². The number of para-hydroxylation sites is 2. The lowest BCUT2D eigenvalue weighted by Gasteiger charge is -2.14. The Hall–Kier alpha value is -3.79. The summed E-state index contributed by atoms with van der Waals surface area (Å²) in [4.78, 5) is 12.3. The largest absolute Gasteiger partial charge is 0.489 e. The molecule has 13 nitrogen and oxygen atoms in total. The number of amides is 1. The quantitative estimate of drug-likeness (QED) is 0.0696. The van der Waals surface area contributed by atoms with E-state index in [-0.39, 0.29) is 5.92 Å². The summed E-state index contributed by atoms with van der Waals surface area (Å²) in [5.74, 6) is 0.714. The lowest BCUT2D eigenvalue weighted by atomic mass is 9.98. The molecule has 53 heavy (non-hydrogen) atoms. The highest BCUT2D eigenvalue weighted by atomic mass is 16.6. The van der Waals surface area contributed by atoms with Gasteiger partial charge in [0.2, 0.25) is 0 Å². The third-order valence-electron chi connectivity index (χ3n) is 8.09. The fourth-order valence-electron chi connectivity index (χ4n) is 5.48. The SMILES string of the molecule is Nc1ccccc1OCCOCCOCCOCCOCCOCCOCCOCCOCCCNC(=O)OCC1c2ccccc2-c2ccccc21. The number of hydrogen-bond donors (Lipinski definition) is 2. The van der Waals surface area contributed by atoms with Gasteiger partial charge in [0.05, 0.1) is 105 Å². The first-order chi connectivity index (χ1) is 26.2. The topological polar surface area (TPSA) is 147 Å². The molecule has 1 aliphatic carbocycles. The van der Waals surface area contributed by atoms with Crippen LogP contribution < -0.4 is 15.8 Å². The van der Waals surface area contributed by atoms with Gasteiger partial charge in [-0.1, -0.05) is 60.7 Å². The summed E-state index contributed by atoms with van der Waals surface area (Å²) in [7, 11) is 0.